The molecular formula is C16H17N5. The molecule has 5 heteroatoms. The molecule has 1 unspecified atom stereocenters. The van der Waals surface area contributed by atoms with Crippen LogP contribution in [0.25, 0.3) is 10.9 Å². The molecule has 21 heavy (non-hydrogen) atoms. The highest BCUT2D eigenvalue weighted by atomic mass is 14.7. The molecule has 0 aliphatic heterocycles. The molecule has 1 aromatic heterocycles. The highest BCUT2D eigenvalue weighted by Crippen LogP contribution is 2.29. The van der Waals surface area contributed by atoms with Gasteiger partial charge in [0.2, 0.25) is 0 Å². The van der Waals surface area contributed by atoms with Crippen LogP contribution in [-0.2, 0) is 0 Å². The Labute approximate surface area is 122 Å². The monoisotopic (exact) mass is 279 g/mol. The lowest BCUT2D eigenvalue weighted by molar-refractivity contribution is 0.824. The highest BCUT2D eigenvalue weighted by Gasteiger charge is 2.14. The van der Waals surface area contributed by atoms with Crippen molar-refractivity contribution in [3.63, 3.8) is 0 Å². The number of aromatic nitrogens is 1. The Kier molecular flexibility index (Phi) is 3.10. The quantitative estimate of drug-likeness (QED) is 0.438. The minimum absolute atomic E-state index is 0.0691. The number of hydrogen-bond acceptors (Lipinski definition) is 2. The van der Waals surface area contributed by atoms with Crippen molar-refractivity contribution in [1.82, 2.24) is 4.98 Å². The van der Waals surface area contributed by atoms with E-state index < -0.39 is 0 Å². The normalized spacial score (nSPS) is 17.7. The Bertz CT molecular complexity index is 794. The summed E-state index contributed by atoms with van der Waals surface area (Å²) < 4.78 is 0. The number of rotatable bonds is 3. The van der Waals surface area contributed by atoms with Gasteiger partial charge in [-0.2, -0.15) is 0 Å². The summed E-state index contributed by atoms with van der Waals surface area (Å²) in [7, 11) is 0. The Hall–Kier alpha value is -2.82. The van der Waals surface area contributed by atoms with Crippen LogP contribution in [0.4, 0.5) is 0 Å². The lowest BCUT2D eigenvalue weighted by Crippen LogP contribution is -2.13. The maximum atomic E-state index is 7.49. The zero-order chi connectivity index (χ0) is 15.0. The first-order valence-electron chi connectivity index (χ1n) is 6.74. The topological polar surface area (TPSA) is 116 Å². The van der Waals surface area contributed by atoms with Crippen molar-refractivity contribution < 1.29 is 0 Å². The Morgan fingerprint density at radius 2 is 1.95 bits per heavy atom. The van der Waals surface area contributed by atoms with Crippen molar-refractivity contribution in [3.05, 3.63) is 59.3 Å². The van der Waals surface area contributed by atoms with Crippen LogP contribution in [0.5, 0.6) is 0 Å². The number of hydrogen-bond donors (Lipinski definition) is 5. The molecule has 0 radical (unpaired) electrons. The van der Waals surface area contributed by atoms with Crippen LogP contribution in [0.2, 0.25) is 0 Å². The number of nitrogens with two attached hydrogens (primary N) is 2. The zero-order valence-electron chi connectivity index (χ0n) is 11.5. The zero-order valence-corrected chi connectivity index (χ0v) is 11.5. The molecule has 0 saturated carbocycles. The first-order chi connectivity index (χ1) is 10.0. The minimum Gasteiger partial charge on any atom is -0.384 e. The molecule has 1 aromatic carbocycles. The van der Waals surface area contributed by atoms with E-state index in [0.717, 1.165) is 28.6 Å². The van der Waals surface area contributed by atoms with Crippen LogP contribution in [0.3, 0.4) is 0 Å². The lowest BCUT2D eigenvalue weighted by atomic mass is 9.93. The van der Waals surface area contributed by atoms with Gasteiger partial charge in [-0.15, -0.1) is 0 Å². The highest BCUT2D eigenvalue weighted by molar-refractivity contribution is 5.99. The summed E-state index contributed by atoms with van der Waals surface area (Å²) >= 11 is 0. The Morgan fingerprint density at radius 1 is 1.14 bits per heavy atom. The SMILES string of the molecule is N=C(N)C1=CCC(c2cc3ccc(C(=N)N)cc3[nH]2)C=C1. The van der Waals surface area contributed by atoms with Crippen molar-refractivity contribution in [2.24, 2.45) is 11.5 Å². The number of nitrogens with one attached hydrogen (secondary N) is 3. The molecule has 1 aliphatic rings. The third-order valence-electron chi connectivity index (χ3n) is 3.76. The molecule has 0 fully saturated rings. The molecule has 106 valence electrons. The van der Waals surface area contributed by atoms with Crippen LogP contribution >= 0.6 is 0 Å². The fraction of sp³-hybridized carbons (Fsp3) is 0.125. The van der Waals surface area contributed by atoms with E-state index in [2.05, 4.69) is 17.1 Å². The number of aromatic amines is 1. The van der Waals surface area contributed by atoms with Crippen molar-refractivity contribution in [1.29, 1.82) is 10.8 Å². The summed E-state index contributed by atoms with van der Waals surface area (Å²) in [5.74, 6) is 0.424. The van der Waals surface area contributed by atoms with Crippen LogP contribution in [0.1, 0.15) is 23.6 Å². The second-order valence-corrected chi connectivity index (χ2v) is 5.21. The second-order valence-electron chi connectivity index (χ2n) is 5.21. The molecule has 1 aliphatic carbocycles. The largest absolute Gasteiger partial charge is 0.384 e. The van der Waals surface area contributed by atoms with E-state index in [9.17, 15) is 0 Å². The molecule has 5 nitrogen and oxygen atoms in total. The summed E-state index contributed by atoms with van der Waals surface area (Å²) in [6, 6.07) is 7.83. The van der Waals surface area contributed by atoms with Gasteiger partial charge in [-0.25, -0.2) is 0 Å². The van der Waals surface area contributed by atoms with Gasteiger partial charge in [0.25, 0.3) is 0 Å². The fourth-order valence-corrected chi connectivity index (χ4v) is 2.57. The summed E-state index contributed by atoms with van der Waals surface area (Å²) in [4.78, 5) is 3.39. The molecule has 0 bridgehead atoms. The van der Waals surface area contributed by atoms with Gasteiger partial charge < -0.3 is 16.5 Å². The van der Waals surface area contributed by atoms with Crippen molar-refractivity contribution in [2.75, 3.05) is 0 Å². The first kappa shape index (κ1) is 13.2. The number of fused-ring (bicyclic) bond motifs is 1. The Balaban J connectivity index is 1.91. The van der Waals surface area contributed by atoms with Crippen molar-refractivity contribution >= 4 is 22.6 Å². The molecule has 0 spiro atoms. The van der Waals surface area contributed by atoms with Gasteiger partial charge in [0.15, 0.2) is 0 Å². The van der Waals surface area contributed by atoms with E-state index in [1.165, 1.54) is 0 Å². The van der Waals surface area contributed by atoms with E-state index in [0.29, 0.717) is 5.56 Å². The molecule has 0 saturated heterocycles. The number of nitrogen functional groups attached to an aromatic ring is 1. The van der Waals surface area contributed by atoms with Gasteiger partial charge in [0.05, 0.1) is 0 Å². The molecule has 2 aromatic rings. The number of benzene rings is 1. The van der Waals surface area contributed by atoms with E-state index >= 15 is 0 Å². The standard InChI is InChI=1S/C16H17N5/c17-15(18)10-3-1-9(2-4-10)13-7-11-5-6-12(16(19)20)8-14(11)21-13/h1,3-9,21H,2H2,(H3,17,18)(H3,19,20). The number of H-pyrrole nitrogens is 1. The van der Waals surface area contributed by atoms with Crippen molar-refractivity contribution in [3.8, 4) is 0 Å². The second kappa shape index (κ2) is 4.94. The fourth-order valence-electron chi connectivity index (χ4n) is 2.57. The molecule has 7 N–H and O–H groups in total. The molecular weight excluding hydrogens is 262 g/mol. The average Bonchev–Trinajstić information content (AvgIpc) is 2.90. The van der Waals surface area contributed by atoms with Crippen molar-refractivity contribution in [2.45, 2.75) is 12.3 Å². The third kappa shape index (κ3) is 2.45. The predicted octanol–water partition coefficient (Wildman–Crippen LogP) is 2.36. The van der Waals surface area contributed by atoms with Crippen LogP contribution < -0.4 is 11.5 Å². The average molecular weight is 279 g/mol. The first-order valence-corrected chi connectivity index (χ1v) is 6.74. The third-order valence-corrected chi connectivity index (χ3v) is 3.76. The maximum Gasteiger partial charge on any atom is 0.122 e. The smallest absolute Gasteiger partial charge is 0.122 e. The summed E-state index contributed by atoms with van der Waals surface area (Å²) in [5.41, 5.74) is 14.6. The van der Waals surface area contributed by atoms with E-state index in [1.54, 1.807) is 0 Å². The van der Waals surface area contributed by atoms with E-state index in [4.69, 9.17) is 22.3 Å². The predicted molar refractivity (Wildman–Crippen MR) is 85.8 cm³/mol. The summed E-state index contributed by atoms with van der Waals surface area (Å²) in [5, 5.41) is 16.0. The minimum atomic E-state index is 0.0691. The summed E-state index contributed by atoms with van der Waals surface area (Å²) in [6.45, 7) is 0. The molecule has 1 heterocycles. The van der Waals surface area contributed by atoms with Crippen LogP contribution in [0, 0.1) is 10.8 Å². The van der Waals surface area contributed by atoms with Gasteiger partial charge in [-0.1, -0.05) is 30.4 Å². The van der Waals surface area contributed by atoms with Gasteiger partial charge in [0.1, 0.15) is 11.7 Å². The van der Waals surface area contributed by atoms with Gasteiger partial charge in [0, 0.05) is 28.3 Å². The maximum absolute atomic E-state index is 7.49. The van der Waals surface area contributed by atoms with E-state index in [-0.39, 0.29) is 17.6 Å². The molecule has 3 rings (SSSR count). The molecule has 1 atom stereocenters. The summed E-state index contributed by atoms with van der Waals surface area (Å²) in [6.07, 6.45) is 6.76. The van der Waals surface area contributed by atoms with Gasteiger partial charge in [-0.3, -0.25) is 10.8 Å². The van der Waals surface area contributed by atoms with Crippen LogP contribution in [0.15, 0.2) is 48.1 Å². The lowest BCUT2D eigenvalue weighted by Gasteiger charge is -2.14. The van der Waals surface area contributed by atoms with Crippen LogP contribution in [-0.4, -0.2) is 16.7 Å². The van der Waals surface area contributed by atoms with E-state index in [1.807, 2.05) is 30.4 Å². The number of allylic oxidation sites excluding steroid dienone is 2. The van der Waals surface area contributed by atoms with Gasteiger partial charge >= 0.3 is 0 Å². The van der Waals surface area contributed by atoms with Gasteiger partial charge in [-0.05, 0) is 23.9 Å². The molecule has 0 amide bonds. The number of amidine groups is 2. The Morgan fingerprint density at radius 3 is 2.57 bits per heavy atom.